The molecule has 1 aliphatic heterocycles. The van der Waals surface area contributed by atoms with Gasteiger partial charge in [-0.05, 0) is 12.8 Å². The van der Waals surface area contributed by atoms with Gasteiger partial charge >= 0.3 is 0 Å². The Morgan fingerprint density at radius 3 is 1.35 bits per heavy atom. The van der Waals surface area contributed by atoms with Crippen molar-refractivity contribution in [2.75, 3.05) is 13.2 Å². The van der Waals surface area contributed by atoms with Gasteiger partial charge in [-0.15, -0.1) is 0 Å². The molecule has 1 amide bonds. The van der Waals surface area contributed by atoms with Crippen molar-refractivity contribution in [2.45, 2.75) is 268 Å². The van der Waals surface area contributed by atoms with Gasteiger partial charge in [0.25, 0.3) is 0 Å². The highest BCUT2D eigenvalue weighted by molar-refractivity contribution is 5.76. The molecule has 1 heterocycles. The number of amides is 1. The number of nitrogens with one attached hydrogen (secondary N) is 1. The fourth-order valence-corrected chi connectivity index (χ4v) is 7.73. The summed E-state index contributed by atoms with van der Waals surface area (Å²) in [4.78, 5) is 13.0. The average molecular weight is 788 g/mol. The van der Waals surface area contributed by atoms with Crippen molar-refractivity contribution < 1.29 is 44.9 Å². The summed E-state index contributed by atoms with van der Waals surface area (Å²) >= 11 is 0. The molecule has 1 rings (SSSR count). The lowest BCUT2D eigenvalue weighted by molar-refractivity contribution is -0.303. The van der Waals surface area contributed by atoms with Gasteiger partial charge in [0.1, 0.15) is 30.5 Å². The highest BCUT2D eigenvalue weighted by Crippen LogP contribution is 2.23. The first-order chi connectivity index (χ1) is 26.8. The number of rotatable bonds is 39. The lowest BCUT2D eigenvalue weighted by atomic mass is 9.98. The van der Waals surface area contributed by atoms with Crippen LogP contribution in [-0.2, 0) is 14.3 Å². The molecule has 10 nitrogen and oxygen atoms in total. The van der Waals surface area contributed by atoms with E-state index in [0.29, 0.717) is 6.42 Å². The van der Waals surface area contributed by atoms with Crippen LogP contribution in [0, 0.1) is 0 Å². The predicted octanol–water partition coefficient (Wildman–Crippen LogP) is 8.53. The molecule has 1 fully saturated rings. The SMILES string of the molecule is CCCCCCCCCCCCCCCCCCCCCCC(=O)N[C@@H](CO[C@@H]1O[C@H](CO)[C@@H](O)C(O)C1O)[C@H](O)[C@H](O)CCCCCCCCCCCC. The van der Waals surface area contributed by atoms with Crippen molar-refractivity contribution in [3.8, 4) is 0 Å². The summed E-state index contributed by atoms with van der Waals surface area (Å²) in [5.74, 6) is -0.255. The van der Waals surface area contributed by atoms with Crippen LogP contribution >= 0.6 is 0 Å². The van der Waals surface area contributed by atoms with Gasteiger partial charge < -0.3 is 45.4 Å². The Labute approximate surface area is 336 Å². The molecule has 0 spiro atoms. The van der Waals surface area contributed by atoms with E-state index in [0.717, 1.165) is 44.9 Å². The summed E-state index contributed by atoms with van der Waals surface area (Å²) in [6, 6.07) is -0.983. The van der Waals surface area contributed by atoms with Crippen molar-refractivity contribution in [3.05, 3.63) is 0 Å². The molecule has 0 aromatic rings. The minimum atomic E-state index is -1.60. The maximum absolute atomic E-state index is 13.0. The normalized spacial score (nSPS) is 21.8. The number of ether oxygens (including phenoxy) is 2. The van der Waals surface area contributed by atoms with Gasteiger partial charge in [-0.25, -0.2) is 0 Å². The number of aliphatic hydroxyl groups excluding tert-OH is 6. The summed E-state index contributed by atoms with van der Waals surface area (Å²) in [5.41, 5.74) is 0. The molecular weight excluding hydrogens is 698 g/mol. The van der Waals surface area contributed by atoms with Crippen molar-refractivity contribution in [3.63, 3.8) is 0 Å². The molecule has 328 valence electrons. The van der Waals surface area contributed by atoms with Crippen molar-refractivity contribution in [1.82, 2.24) is 5.32 Å². The lowest BCUT2D eigenvalue weighted by Gasteiger charge is -2.40. The topological polar surface area (TPSA) is 169 Å². The largest absolute Gasteiger partial charge is 0.394 e. The first kappa shape index (κ1) is 52.2. The van der Waals surface area contributed by atoms with Crippen LogP contribution in [0.3, 0.4) is 0 Å². The van der Waals surface area contributed by atoms with E-state index in [9.17, 15) is 35.4 Å². The maximum atomic E-state index is 13.0. The minimum Gasteiger partial charge on any atom is -0.394 e. The molecule has 55 heavy (non-hydrogen) atoms. The monoisotopic (exact) mass is 788 g/mol. The molecule has 0 aromatic carbocycles. The van der Waals surface area contributed by atoms with Crippen LogP contribution in [0.25, 0.3) is 0 Å². The molecule has 1 aliphatic rings. The van der Waals surface area contributed by atoms with Gasteiger partial charge in [-0.3, -0.25) is 4.79 Å². The second-order valence-electron chi connectivity index (χ2n) is 16.7. The number of carbonyl (C=O) groups is 1. The van der Waals surface area contributed by atoms with Gasteiger partial charge in [0, 0.05) is 6.42 Å². The van der Waals surface area contributed by atoms with Gasteiger partial charge in [0.2, 0.25) is 5.91 Å². The number of hydrogen-bond acceptors (Lipinski definition) is 9. The van der Waals surface area contributed by atoms with Gasteiger partial charge in [0.05, 0.1) is 25.4 Å². The van der Waals surface area contributed by atoms with E-state index in [1.807, 2.05) is 0 Å². The van der Waals surface area contributed by atoms with Crippen LogP contribution in [0.15, 0.2) is 0 Å². The molecular formula is C45H89NO9. The Kier molecular flexibility index (Phi) is 34.4. The van der Waals surface area contributed by atoms with E-state index in [4.69, 9.17) is 9.47 Å². The summed E-state index contributed by atoms with van der Waals surface area (Å²) in [7, 11) is 0. The smallest absolute Gasteiger partial charge is 0.220 e. The second kappa shape index (κ2) is 36.2. The Morgan fingerprint density at radius 1 is 0.564 bits per heavy atom. The third-order valence-electron chi connectivity index (χ3n) is 11.6. The molecule has 0 radical (unpaired) electrons. The van der Waals surface area contributed by atoms with E-state index >= 15 is 0 Å². The first-order valence-electron chi connectivity index (χ1n) is 23.3. The first-order valence-corrected chi connectivity index (χ1v) is 23.3. The highest BCUT2D eigenvalue weighted by Gasteiger charge is 2.44. The zero-order chi connectivity index (χ0) is 40.4. The van der Waals surface area contributed by atoms with Crippen LogP contribution in [0.4, 0.5) is 0 Å². The summed E-state index contributed by atoms with van der Waals surface area (Å²) in [5, 5.41) is 65.0. The molecule has 10 heteroatoms. The van der Waals surface area contributed by atoms with Gasteiger partial charge in [-0.1, -0.05) is 200 Å². The Bertz CT molecular complexity index is 849. The average Bonchev–Trinajstić information content (AvgIpc) is 3.18. The molecule has 0 bridgehead atoms. The number of hydrogen-bond donors (Lipinski definition) is 7. The van der Waals surface area contributed by atoms with Crippen LogP contribution in [-0.4, -0.2) is 98.7 Å². The van der Waals surface area contributed by atoms with Crippen LogP contribution < -0.4 is 5.32 Å². The fourth-order valence-electron chi connectivity index (χ4n) is 7.73. The molecule has 7 N–H and O–H groups in total. The zero-order valence-corrected chi connectivity index (χ0v) is 35.6. The van der Waals surface area contributed by atoms with Crippen molar-refractivity contribution >= 4 is 5.91 Å². The van der Waals surface area contributed by atoms with E-state index in [1.165, 1.54) is 148 Å². The summed E-state index contributed by atoms with van der Waals surface area (Å²) in [6.45, 7) is 3.60. The number of carbonyl (C=O) groups excluding carboxylic acids is 1. The predicted molar refractivity (Wildman–Crippen MR) is 223 cm³/mol. The fraction of sp³-hybridized carbons (Fsp3) is 0.978. The van der Waals surface area contributed by atoms with Crippen LogP contribution in [0.1, 0.15) is 219 Å². The maximum Gasteiger partial charge on any atom is 0.220 e. The summed E-state index contributed by atoms with van der Waals surface area (Å²) < 4.78 is 11.1. The Morgan fingerprint density at radius 2 is 0.945 bits per heavy atom. The van der Waals surface area contributed by atoms with Crippen molar-refractivity contribution in [2.24, 2.45) is 0 Å². The summed E-state index contributed by atoms with van der Waals surface area (Å²) in [6.07, 6.45) is 28.3. The van der Waals surface area contributed by atoms with Crippen LogP contribution in [0.2, 0.25) is 0 Å². The molecule has 1 saturated heterocycles. The number of aliphatic hydroxyl groups is 6. The van der Waals surface area contributed by atoms with Crippen LogP contribution in [0.5, 0.6) is 0 Å². The molecule has 0 saturated carbocycles. The lowest BCUT2D eigenvalue weighted by Crippen LogP contribution is -2.60. The van der Waals surface area contributed by atoms with E-state index < -0.39 is 55.6 Å². The van der Waals surface area contributed by atoms with E-state index in [-0.39, 0.29) is 18.9 Å². The molecule has 2 unspecified atom stereocenters. The van der Waals surface area contributed by atoms with Crippen molar-refractivity contribution in [1.29, 1.82) is 0 Å². The standard InChI is InChI=1S/C45H89NO9/c1-3-5-7-9-11-13-15-16-17-18-19-20-21-22-23-24-26-28-30-32-34-40(49)46-37(36-54-45-44(53)43(52)42(51)39(35-47)55-45)41(50)38(48)33-31-29-27-25-14-12-10-8-6-4-2/h37-39,41-45,47-48,50-53H,3-36H2,1-2H3,(H,46,49)/t37-,38+,39+,41-,42+,43?,44?,45+/m0/s1. The highest BCUT2D eigenvalue weighted by atomic mass is 16.7. The Balaban J connectivity index is 2.32. The molecule has 8 atom stereocenters. The molecule has 0 aliphatic carbocycles. The molecule has 0 aromatic heterocycles. The van der Waals surface area contributed by atoms with Gasteiger partial charge in [-0.2, -0.15) is 0 Å². The number of unbranched alkanes of at least 4 members (excludes halogenated alkanes) is 28. The third-order valence-corrected chi connectivity index (χ3v) is 11.6. The van der Waals surface area contributed by atoms with Gasteiger partial charge in [0.15, 0.2) is 6.29 Å². The Hall–Kier alpha value is -0.850. The quantitative estimate of drug-likeness (QED) is 0.0302. The minimum absolute atomic E-state index is 0.255. The zero-order valence-electron chi connectivity index (χ0n) is 35.6. The third kappa shape index (κ3) is 26.7. The van der Waals surface area contributed by atoms with E-state index in [2.05, 4.69) is 19.2 Å². The second-order valence-corrected chi connectivity index (χ2v) is 16.7. The van der Waals surface area contributed by atoms with E-state index in [1.54, 1.807) is 0 Å².